The van der Waals surface area contributed by atoms with Crippen LogP contribution in [0.3, 0.4) is 0 Å². The van der Waals surface area contributed by atoms with Gasteiger partial charge >= 0.3 is 0 Å². The van der Waals surface area contributed by atoms with Gasteiger partial charge in [-0.1, -0.05) is 18.6 Å². The molecule has 1 aromatic carbocycles. The predicted molar refractivity (Wildman–Crippen MR) is 70.8 cm³/mol. The first-order valence-corrected chi connectivity index (χ1v) is 6.77. The lowest BCUT2D eigenvalue weighted by atomic mass is 9.87. The van der Waals surface area contributed by atoms with Crippen molar-refractivity contribution in [2.45, 2.75) is 38.3 Å². The first-order chi connectivity index (χ1) is 9.20. The van der Waals surface area contributed by atoms with Crippen molar-refractivity contribution in [1.29, 1.82) is 5.26 Å². The molecule has 1 aromatic rings. The van der Waals surface area contributed by atoms with Gasteiger partial charge in [0.1, 0.15) is 11.9 Å². The molecule has 0 heterocycles. The van der Waals surface area contributed by atoms with Crippen molar-refractivity contribution in [2.24, 2.45) is 5.92 Å². The number of halogens is 1. The summed E-state index contributed by atoms with van der Waals surface area (Å²) in [6.45, 7) is 1.21. The van der Waals surface area contributed by atoms with Crippen molar-refractivity contribution >= 4 is 0 Å². The molecule has 1 aliphatic rings. The normalized spacial score (nSPS) is 23.0. The third-order valence-corrected chi connectivity index (χ3v) is 3.70. The number of aliphatic hydroxyl groups excluding tert-OH is 1. The summed E-state index contributed by atoms with van der Waals surface area (Å²) < 4.78 is 13.8. The van der Waals surface area contributed by atoms with Crippen LogP contribution in [0.25, 0.3) is 0 Å². The SMILES string of the molecule is N#Cc1cccc(CNCC2CCCC(O)C2)c1F. The Morgan fingerprint density at radius 1 is 1.42 bits per heavy atom. The second-order valence-corrected chi connectivity index (χ2v) is 5.21. The van der Waals surface area contributed by atoms with E-state index in [0.29, 0.717) is 18.0 Å². The fourth-order valence-electron chi connectivity index (χ4n) is 2.66. The monoisotopic (exact) mass is 262 g/mol. The number of aliphatic hydroxyl groups is 1. The molecule has 1 aliphatic carbocycles. The molecule has 0 aromatic heterocycles. The Morgan fingerprint density at radius 2 is 2.26 bits per heavy atom. The van der Waals surface area contributed by atoms with E-state index in [4.69, 9.17) is 5.26 Å². The van der Waals surface area contributed by atoms with Gasteiger partial charge in [-0.15, -0.1) is 0 Å². The van der Waals surface area contributed by atoms with Crippen molar-refractivity contribution in [2.75, 3.05) is 6.54 Å². The first kappa shape index (κ1) is 14.0. The van der Waals surface area contributed by atoms with Crippen LogP contribution in [0, 0.1) is 23.1 Å². The van der Waals surface area contributed by atoms with Crippen LogP contribution in [0.1, 0.15) is 36.8 Å². The van der Waals surface area contributed by atoms with E-state index in [9.17, 15) is 9.50 Å². The van der Waals surface area contributed by atoms with Crippen LogP contribution < -0.4 is 5.32 Å². The Kier molecular flexibility index (Phi) is 4.89. The minimum Gasteiger partial charge on any atom is -0.393 e. The smallest absolute Gasteiger partial charge is 0.145 e. The van der Waals surface area contributed by atoms with Crippen molar-refractivity contribution in [3.63, 3.8) is 0 Å². The fraction of sp³-hybridized carbons (Fsp3) is 0.533. The van der Waals surface area contributed by atoms with Crippen LogP contribution in [-0.4, -0.2) is 17.8 Å². The summed E-state index contributed by atoms with van der Waals surface area (Å²) in [5.74, 6) is 0.0344. The van der Waals surface area contributed by atoms with Crippen LogP contribution in [0.4, 0.5) is 4.39 Å². The number of nitrogens with zero attached hydrogens (tertiary/aromatic N) is 1. The van der Waals surface area contributed by atoms with Crippen molar-refractivity contribution in [1.82, 2.24) is 5.32 Å². The lowest BCUT2D eigenvalue weighted by molar-refractivity contribution is 0.101. The molecule has 1 fully saturated rings. The molecule has 2 atom stereocenters. The molecule has 0 radical (unpaired) electrons. The second-order valence-electron chi connectivity index (χ2n) is 5.21. The molecule has 0 spiro atoms. The van der Waals surface area contributed by atoms with Gasteiger partial charge in [0.15, 0.2) is 0 Å². The van der Waals surface area contributed by atoms with Gasteiger partial charge in [0.25, 0.3) is 0 Å². The number of hydrogen-bond donors (Lipinski definition) is 2. The molecular weight excluding hydrogens is 243 g/mol. The summed E-state index contributed by atoms with van der Waals surface area (Å²) in [5.41, 5.74) is 0.614. The Balaban J connectivity index is 1.84. The maximum absolute atomic E-state index is 13.8. The van der Waals surface area contributed by atoms with E-state index in [2.05, 4.69) is 5.32 Å². The molecule has 4 heteroatoms. The van der Waals surface area contributed by atoms with Crippen molar-refractivity contribution in [3.05, 3.63) is 35.1 Å². The lowest BCUT2D eigenvalue weighted by Crippen LogP contribution is -2.29. The Hall–Kier alpha value is -1.44. The van der Waals surface area contributed by atoms with Crippen molar-refractivity contribution in [3.8, 4) is 6.07 Å². The lowest BCUT2D eigenvalue weighted by Gasteiger charge is -2.26. The molecule has 0 bridgehead atoms. The van der Waals surface area contributed by atoms with E-state index in [0.717, 1.165) is 32.2 Å². The van der Waals surface area contributed by atoms with E-state index < -0.39 is 5.82 Å². The summed E-state index contributed by atoms with van der Waals surface area (Å²) in [5, 5.41) is 21.6. The molecule has 2 N–H and O–H groups in total. The molecule has 3 nitrogen and oxygen atoms in total. The van der Waals surface area contributed by atoms with Crippen molar-refractivity contribution < 1.29 is 9.50 Å². The molecule has 0 saturated heterocycles. The number of nitrogens with one attached hydrogen (secondary N) is 1. The molecule has 19 heavy (non-hydrogen) atoms. The molecule has 1 saturated carbocycles. The molecule has 2 rings (SSSR count). The maximum atomic E-state index is 13.8. The molecule has 0 aliphatic heterocycles. The summed E-state index contributed by atoms with van der Waals surface area (Å²) in [6.07, 6.45) is 3.72. The van der Waals surface area contributed by atoms with Gasteiger partial charge in [0, 0.05) is 12.1 Å². The third-order valence-electron chi connectivity index (χ3n) is 3.70. The maximum Gasteiger partial charge on any atom is 0.145 e. The van der Waals surface area contributed by atoms with E-state index in [-0.39, 0.29) is 11.7 Å². The highest BCUT2D eigenvalue weighted by atomic mass is 19.1. The van der Waals surface area contributed by atoms with E-state index >= 15 is 0 Å². The Bertz CT molecular complexity index is 470. The van der Waals surface area contributed by atoms with Crippen LogP contribution in [0.15, 0.2) is 18.2 Å². The minimum absolute atomic E-state index is 0.0902. The average Bonchev–Trinajstić information content (AvgIpc) is 2.41. The van der Waals surface area contributed by atoms with Crippen LogP contribution in [-0.2, 0) is 6.54 Å². The van der Waals surface area contributed by atoms with Gasteiger partial charge in [0.05, 0.1) is 11.7 Å². The molecule has 2 unspecified atom stereocenters. The highest BCUT2D eigenvalue weighted by Crippen LogP contribution is 2.23. The summed E-state index contributed by atoms with van der Waals surface area (Å²) in [6, 6.07) is 6.72. The minimum atomic E-state index is -0.429. The number of nitriles is 1. The first-order valence-electron chi connectivity index (χ1n) is 6.77. The average molecular weight is 262 g/mol. The zero-order chi connectivity index (χ0) is 13.7. The fourth-order valence-corrected chi connectivity index (χ4v) is 2.66. The van der Waals surface area contributed by atoms with E-state index in [1.54, 1.807) is 12.1 Å². The number of hydrogen-bond acceptors (Lipinski definition) is 3. The van der Waals surface area contributed by atoms with E-state index in [1.807, 2.05) is 6.07 Å². The second kappa shape index (κ2) is 6.65. The van der Waals surface area contributed by atoms with Gasteiger partial charge in [0.2, 0.25) is 0 Å². The standard InChI is InChI=1S/C15H19FN2O/c16-15-12(8-17)4-2-5-13(15)10-18-9-11-3-1-6-14(19)7-11/h2,4-5,11,14,18-19H,1,3,6-7,9-10H2. The van der Waals surface area contributed by atoms with Gasteiger partial charge in [-0.25, -0.2) is 4.39 Å². The zero-order valence-corrected chi connectivity index (χ0v) is 10.9. The number of rotatable bonds is 4. The van der Waals surface area contributed by atoms with Gasteiger partial charge < -0.3 is 10.4 Å². The van der Waals surface area contributed by atoms with Crippen LogP contribution in [0.2, 0.25) is 0 Å². The molecule has 102 valence electrons. The van der Waals surface area contributed by atoms with E-state index in [1.165, 1.54) is 6.07 Å². The topological polar surface area (TPSA) is 56.0 Å². The van der Waals surface area contributed by atoms with Crippen LogP contribution in [0.5, 0.6) is 0 Å². The quantitative estimate of drug-likeness (QED) is 0.875. The predicted octanol–water partition coefficient (Wildman–Crippen LogP) is 2.34. The largest absolute Gasteiger partial charge is 0.393 e. The van der Waals surface area contributed by atoms with Crippen LogP contribution >= 0.6 is 0 Å². The highest BCUT2D eigenvalue weighted by Gasteiger charge is 2.19. The van der Waals surface area contributed by atoms with Gasteiger partial charge in [-0.2, -0.15) is 5.26 Å². The molecular formula is C15H19FN2O. The van der Waals surface area contributed by atoms with Gasteiger partial charge in [-0.05, 0) is 37.8 Å². The third kappa shape index (κ3) is 3.76. The summed E-state index contributed by atoms with van der Waals surface area (Å²) in [4.78, 5) is 0. The molecule has 0 amide bonds. The highest BCUT2D eigenvalue weighted by molar-refractivity contribution is 5.34. The zero-order valence-electron chi connectivity index (χ0n) is 10.9. The Morgan fingerprint density at radius 3 is 3.00 bits per heavy atom. The number of benzene rings is 1. The summed E-state index contributed by atoms with van der Waals surface area (Å²) >= 11 is 0. The summed E-state index contributed by atoms with van der Waals surface area (Å²) in [7, 11) is 0. The van der Waals surface area contributed by atoms with Gasteiger partial charge in [-0.3, -0.25) is 0 Å². The Labute approximate surface area is 113 Å².